The monoisotopic (exact) mass is 326 g/mol. The third kappa shape index (κ3) is 3.72. The van der Waals surface area contributed by atoms with Gasteiger partial charge in [-0.1, -0.05) is 19.3 Å². The zero-order valence-corrected chi connectivity index (χ0v) is 12.7. The molecule has 1 aromatic carbocycles. The Bertz CT molecular complexity index is 439. The lowest BCUT2D eigenvalue weighted by molar-refractivity contribution is 0.112. The van der Waals surface area contributed by atoms with Crippen molar-refractivity contribution in [3.63, 3.8) is 0 Å². The van der Waals surface area contributed by atoms with E-state index in [4.69, 9.17) is 9.47 Å². The molecule has 0 heterocycles. The van der Waals surface area contributed by atoms with Crippen LogP contribution in [-0.2, 0) is 0 Å². The minimum atomic E-state index is 0.578. The number of rotatable bonds is 5. The second kappa shape index (κ2) is 6.94. The number of methoxy groups -OCH3 is 1. The molecule has 0 radical (unpaired) electrons. The van der Waals surface area contributed by atoms with Crippen LogP contribution in [0, 0.1) is 5.92 Å². The number of carbonyl (C=O) groups is 1. The molecule has 1 saturated carbocycles. The highest BCUT2D eigenvalue weighted by atomic mass is 79.9. The molecule has 0 spiro atoms. The summed E-state index contributed by atoms with van der Waals surface area (Å²) in [5.74, 6) is 1.93. The summed E-state index contributed by atoms with van der Waals surface area (Å²) in [4.78, 5) is 10.8. The van der Waals surface area contributed by atoms with Crippen molar-refractivity contribution >= 4 is 22.2 Å². The Kier molecular flexibility index (Phi) is 5.25. The highest BCUT2D eigenvalue weighted by molar-refractivity contribution is 9.10. The van der Waals surface area contributed by atoms with E-state index in [-0.39, 0.29) is 0 Å². The van der Waals surface area contributed by atoms with E-state index in [1.165, 1.54) is 32.1 Å². The Labute approximate surface area is 122 Å². The summed E-state index contributed by atoms with van der Waals surface area (Å²) < 4.78 is 12.0. The van der Waals surface area contributed by atoms with Crippen LogP contribution in [0.2, 0.25) is 0 Å². The maximum atomic E-state index is 10.8. The van der Waals surface area contributed by atoms with Gasteiger partial charge in [0.2, 0.25) is 0 Å². The predicted molar refractivity (Wildman–Crippen MR) is 78.2 cm³/mol. The molecule has 3 nitrogen and oxygen atoms in total. The minimum Gasteiger partial charge on any atom is -0.493 e. The van der Waals surface area contributed by atoms with Gasteiger partial charge in [-0.15, -0.1) is 0 Å². The van der Waals surface area contributed by atoms with Crippen LogP contribution in [0.5, 0.6) is 11.5 Å². The summed E-state index contributed by atoms with van der Waals surface area (Å²) in [6, 6.07) is 3.46. The molecule has 0 atom stereocenters. The number of carbonyl (C=O) groups excluding carboxylic acids is 1. The van der Waals surface area contributed by atoms with E-state index in [9.17, 15) is 4.79 Å². The molecule has 0 aliphatic heterocycles. The molecule has 4 heteroatoms. The van der Waals surface area contributed by atoms with Gasteiger partial charge in [-0.05, 0) is 46.8 Å². The summed E-state index contributed by atoms with van der Waals surface area (Å²) in [5, 5.41) is 0. The normalized spacial score (nSPS) is 16.1. The van der Waals surface area contributed by atoms with Gasteiger partial charge in [0, 0.05) is 5.56 Å². The quantitative estimate of drug-likeness (QED) is 0.759. The molecule has 1 aromatic rings. The van der Waals surface area contributed by atoms with E-state index >= 15 is 0 Å². The lowest BCUT2D eigenvalue weighted by Crippen LogP contribution is -2.15. The average molecular weight is 327 g/mol. The molecule has 1 fully saturated rings. The van der Waals surface area contributed by atoms with Crippen molar-refractivity contribution in [3.05, 3.63) is 22.2 Å². The van der Waals surface area contributed by atoms with Crippen LogP contribution >= 0.6 is 15.9 Å². The Morgan fingerprint density at radius 1 is 1.32 bits per heavy atom. The number of hydrogen-bond acceptors (Lipinski definition) is 3. The topological polar surface area (TPSA) is 35.5 Å². The summed E-state index contributed by atoms with van der Waals surface area (Å²) in [7, 11) is 1.59. The number of benzene rings is 1. The largest absolute Gasteiger partial charge is 0.493 e. The fourth-order valence-electron chi connectivity index (χ4n) is 2.50. The van der Waals surface area contributed by atoms with Crippen molar-refractivity contribution in [2.45, 2.75) is 32.1 Å². The number of ether oxygens (including phenoxy) is 2. The van der Waals surface area contributed by atoms with Gasteiger partial charge in [0.15, 0.2) is 11.5 Å². The lowest BCUT2D eigenvalue weighted by atomic mass is 9.90. The van der Waals surface area contributed by atoms with Gasteiger partial charge < -0.3 is 9.47 Å². The maximum absolute atomic E-state index is 10.8. The third-order valence-corrected chi connectivity index (χ3v) is 4.17. The van der Waals surface area contributed by atoms with E-state index in [1.807, 2.05) is 0 Å². The van der Waals surface area contributed by atoms with Crippen molar-refractivity contribution in [1.29, 1.82) is 0 Å². The van der Waals surface area contributed by atoms with Crippen LogP contribution in [0.15, 0.2) is 16.6 Å². The van der Waals surface area contributed by atoms with Crippen LogP contribution in [0.25, 0.3) is 0 Å². The van der Waals surface area contributed by atoms with Crippen LogP contribution in [0.4, 0.5) is 0 Å². The molecule has 0 amide bonds. The Hall–Kier alpha value is -1.03. The van der Waals surface area contributed by atoms with Crippen molar-refractivity contribution < 1.29 is 14.3 Å². The number of hydrogen-bond donors (Lipinski definition) is 0. The predicted octanol–water partition coefficient (Wildman–Crippen LogP) is 4.23. The van der Waals surface area contributed by atoms with Crippen LogP contribution in [0.1, 0.15) is 42.5 Å². The molecule has 19 heavy (non-hydrogen) atoms. The van der Waals surface area contributed by atoms with Crippen molar-refractivity contribution in [1.82, 2.24) is 0 Å². The number of aldehydes is 1. The van der Waals surface area contributed by atoms with Crippen LogP contribution in [0.3, 0.4) is 0 Å². The fourth-order valence-corrected chi connectivity index (χ4v) is 3.08. The highest BCUT2D eigenvalue weighted by Crippen LogP contribution is 2.37. The third-order valence-electron chi connectivity index (χ3n) is 3.58. The molecule has 0 aromatic heterocycles. The molecule has 1 aliphatic carbocycles. The van der Waals surface area contributed by atoms with Gasteiger partial charge in [-0.3, -0.25) is 4.79 Å². The summed E-state index contributed by atoms with van der Waals surface area (Å²) in [6.45, 7) is 0.718. The van der Waals surface area contributed by atoms with E-state index < -0.39 is 0 Å². The smallest absolute Gasteiger partial charge is 0.175 e. The first-order chi connectivity index (χ1) is 9.24. The molecule has 104 valence electrons. The molecular formula is C15H19BrO3. The molecule has 0 N–H and O–H groups in total. The van der Waals surface area contributed by atoms with Crippen molar-refractivity contribution in [2.75, 3.05) is 13.7 Å². The molecule has 0 bridgehead atoms. The zero-order chi connectivity index (χ0) is 13.7. The highest BCUT2D eigenvalue weighted by Gasteiger charge is 2.17. The van der Waals surface area contributed by atoms with Gasteiger partial charge in [0.1, 0.15) is 6.29 Å². The summed E-state index contributed by atoms with van der Waals surface area (Å²) >= 11 is 3.44. The lowest BCUT2D eigenvalue weighted by Gasteiger charge is -2.22. The molecule has 0 saturated heterocycles. The maximum Gasteiger partial charge on any atom is 0.175 e. The van der Waals surface area contributed by atoms with E-state index in [0.717, 1.165) is 17.4 Å². The number of halogens is 1. The summed E-state index contributed by atoms with van der Waals surface area (Å²) in [6.07, 6.45) is 7.24. The second-order valence-corrected chi connectivity index (χ2v) is 5.82. The molecular weight excluding hydrogens is 308 g/mol. The fraction of sp³-hybridized carbons (Fsp3) is 0.533. The zero-order valence-electron chi connectivity index (χ0n) is 11.2. The Morgan fingerprint density at radius 2 is 2.05 bits per heavy atom. The Balaban J connectivity index is 2.07. The van der Waals surface area contributed by atoms with Gasteiger partial charge in [0.05, 0.1) is 18.2 Å². The minimum absolute atomic E-state index is 0.578. The SMILES string of the molecule is COc1cc(C=O)cc(Br)c1OCC1CCCCC1. The Morgan fingerprint density at radius 3 is 2.68 bits per heavy atom. The molecule has 0 unspecified atom stereocenters. The van der Waals surface area contributed by atoms with Gasteiger partial charge in [-0.2, -0.15) is 0 Å². The van der Waals surface area contributed by atoms with E-state index in [1.54, 1.807) is 19.2 Å². The van der Waals surface area contributed by atoms with E-state index in [0.29, 0.717) is 23.0 Å². The average Bonchev–Trinajstić information content (AvgIpc) is 2.46. The van der Waals surface area contributed by atoms with Crippen molar-refractivity contribution in [3.8, 4) is 11.5 Å². The van der Waals surface area contributed by atoms with Crippen molar-refractivity contribution in [2.24, 2.45) is 5.92 Å². The first-order valence-corrected chi connectivity index (χ1v) is 7.49. The van der Waals surface area contributed by atoms with Crippen LogP contribution in [-0.4, -0.2) is 20.0 Å². The molecule has 1 aliphatic rings. The van der Waals surface area contributed by atoms with Gasteiger partial charge in [0.25, 0.3) is 0 Å². The first-order valence-electron chi connectivity index (χ1n) is 6.70. The second-order valence-electron chi connectivity index (χ2n) is 4.97. The standard InChI is InChI=1S/C15H19BrO3/c1-18-14-8-12(9-17)7-13(16)15(14)19-10-11-5-3-2-4-6-11/h7-9,11H,2-6,10H2,1H3. The molecule has 2 rings (SSSR count). The first kappa shape index (κ1) is 14.4. The van der Waals surface area contributed by atoms with Crippen LogP contribution < -0.4 is 9.47 Å². The van der Waals surface area contributed by atoms with Gasteiger partial charge >= 0.3 is 0 Å². The summed E-state index contributed by atoms with van der Waals surface area (Å²) in [5.41, 5.74) is 0.578. The van der Waals surface area contributed by atoms with Gasteiger partial charge in [-0.25, -0.2) is 0 Å². The van der Waals surface area contributed by atoms with E-state index in [2.05, 4.69) is 15.9 Å².